The Bertz CT molecular complexity index is 488. The molecule has 0 amide bonds. The molecule has 0 aromatic carbocycles. The average Bonchev–Trinajstić information content (AvgIpc) is 3.02. The van der Waals surface area contributed by atoms with Crippen molar-refractivity contribution in [3.05, 3.63) is 30.1 Å². The van der Waals surface area contributed by atoms with Gasteiger partial charge in [-0.2, -0.15) is 10.2 Å². The molecule has 0 spiro atoms. The summed E-state index contributed by atoms with van der Waals surface area (Å²) in [5.74, 6) is 0.985. The Hall–Kier alpha value is -1.69. The third kappa shape index (κ3) is 2.28. The lowest BCUT2D eigenvalue weighted by atomic mass is 10.0. The van der Waals surface area contributed by atoms with Crippen LogP contribution in [0.2, 0.25) is 0 Å². The van der Waals surface area contributed by atoms with Crippen LogP contribution in [0.1, 0.15) is 36.7 Å². The summed E-state index contributed by atoms with van der Waals surface area (Å²) in [5.41, 5.74) is 1.25. The fourth-order valence-electron chi connectivity index (χ4n) is 2.65. The lowest BCUT2D eigenvalue weighted by Gasteiger charge is -2.33. The summed E-state index contributed by atoms with van der Waals surface area (Å²) in [6, 6.07) is 0.362. The molecular formula is C12H18N6. The molecule has 1 aliphatic rings. The number of aromatic amines is 1. The number of aryl methyl sites for hydroxylation is 1. The minimum Gasteiger partial charge on any atom is -0.289 e. The molecule has 1 atom stereocenters. The van der Waals surface area contributed by atoms with Crippen molar-refractivity contribution in [1.82, 2.24) is 29.9 Å². The van der Waals surface area contributed by atoms with Gasteiger partial charge in [0.05, 0.1) is 12.2 Å². The smallest absolute Gasteiger partial charge is 0.141 e. The maximum absolute atomic E-state index is 4.31. The molecule has 0 aliphatic carbocycles. The molecule has 1 N–H and O–H groups in total. The van der Waals surface area contributed by atoms with Crippen molar-refractivity contribution in [2.75, 3.05) is 6.54 Å². The number of H-pyrrole nitrogens is 1. The summed E-state index contributed by atoms with van der Waals surface area (Å²) >= 11 is 0. The standard InChI is InChI=1S/C12H18N6/c1-17-7-10(6-15-17)8-18-5-3-2-4-11(18)12-13-9-14-16-12/h6-7,9,11H,2-5,8H2,1H3,(H,13,14,16)/t11-/m0/s1. The van der Waals surface area contributed by atoms with Gasteiger partial charge >= 0.3 is 0 Å². The molecule has 1 saturated heterocycles. The van der Waals surface area contributed by atoms with Crippen molar-refractivity contribution in [2.24, 2.45) is 7.05 Å². The highest BCUT2D eigenvalue weighted by molar-refractivity contribution is 5.05. The van der Waals surface area contributed by atoms with E-state index in [1.54, 1.807) is 6.33 Å². The maximum Gasteiger partial charge on any atom is 0.141 e. The number of rotatable bonds is 3. The molecule has 1 fully saturated rings. The second-order valence-corrected chi connectivity index (χ2v) is 4.88. The van der Waals surface area contributed by atoms with Crippen LogP contribution in [0, 0.1) is 0 Å². The summed E-state index contributed by atoms with van der Waals surface area (Å²) < 4.78 is 1.85. The zero-order chi connectivity index (χ0) is 12.4. The van der Waals surface area contributed by atoms with E-state index >= 15 is 0 Å². The van der Waals surface area contributed by atoms with Gasteiger partial charge in [0.15, 0.2) is 0 Å². The number of nitrogens with one attached hydrogen (secondary N) is 1. The first-order valence-corrected chi connectivity index (χ1v) is 6.40. The molecule has 0 radical (unpaired) electrons. The molecule has 2 aromatic heterocycles. The summed E-state index contributed by atoms with van der Waals surface area (Å²) in [6.07, 6.45) is 9.26. The van der Waals surface area contributed by atoms with Gasteiger partial charge in [-0.3, -0.25) is 14.7 Å². The van der Waals surface area contributed by atoms with Gasteiger partial charge in [0.2, 0.25) is 0 Å². The Morgan fingerprint density at radius 2 is 2.39 bits per heavy atom. The van der Waals surface area contributed by atoms with Crippen molar-refractivity contribution in [1.29, 1.82) is 0 Å². The molecule has 1 aliphatic heterocycles. The van der Waals surface area contributed by atoms with Crippen molar-refractivity contribution in [3.63, 3.8) is 0 Å². The van der Waals surface area contributed by atoms with E-state index in [1.165, 1.54) is 18.4 Å². The maximum atomic E-state index is 4.31. The summed E-state index contributed by atoms with van der Waals surface area (Å²) in [6.45, 7) is 2.04. The fraction of sp³-hybridized carbons (Fsp3) is 0.583. The van der Waals surface area contributed by atoms with E-state index in [0.29, 0.717) is 6.04 Å². The predicted molar refractivity (Wildman–Crippen MR) is 66.6 cm³/mol. The second kappa shape index (κ2) is 4.89. The Labute approximate surface area is 106 Å². The van der Waals surface area contributed by atoms with Crippen molar-refractivity contribution in [3.8, 4) is 0 Å². The fourth-order valence-corrected chi connectivity index (χ4v) is 2.65. The zero-order valence-electron chi connectivity index (χ0n) is 10.6. The van der Waals surface area contributed by atoms with Crippen LogP contribution in [0.25, 0.3) is 0 Å². The van der Waals surface area contributed by atoms with Gasteiger partial charge < -0.3 is 0 Å². The minimum absolute atomic E-state index is 0.362. The van der Waals surface area contributed by atoms with Gasteiger partial charge in [0.25, 0.3) is 0 Å². The SMILES string of the molecule is Cn1cc(CN2CCCC[C@H]2c2ncn[nH]2)cn1. The Morgan fingerprint density at radius 3 is 3.11 bits per heavy atom. The van der Waals surface area contributed by atoms with Crippen LogP contribution in [0.5, 0.6) is 0 Å². The molecule has 18 heavy (non-hydrogen) atoms. The molecule has 6 heteroatoms. The average molecular weight is 246 g/mol. The Kier molecular flexibility index (Phi) is 3.10. The topological polar surface area (TPSA) is 62.6 Å². The van der Waals surface area contributed by atoms with Crippen LogP contribution in [0.4, 0.5) is 0 Å². The van der Waals surface area contributed by atoms with Crippen molar-refractivity contribution >= 4 is 0 Å². The summed E-state index contributed by atoms with van der Waals surface area (Å²) in [7, 11) is 1.95. The van der Waals surface area contributed by atoms with Gasteiger partial charge in [-0.05, 0) is 19.4 Å². The first-order chi connectivity index (χ1) is 8.83. The number of likely N-dealkylation sites (tertiary alicyclic amines) is 1. The number of nitrogens with zero attached hydrogens (tertiary/aromatic N) is 5. The van der Waals surface area contributed by atoms with Crippen LogP contribution in [0.15, 0.2) is 18.7 Å². The van der Waals surface area contributed by atoms with E-state index in [2.05, 4.69) is 31.4 Å². The number of hydrogen-bond acceptors (Lipinski definition) is 4. The Balaban J connectivity index is 1.76. The van der Waals surface area contributed by atoms with E-state index in [1.807, 2.05) is 17.9 Å². The molecule has 96 valence electrons. The Morgan fingerprint density at radius 1 is 1.44 bits per heavy atom. The number of piperidine rings is 1. The van der Waals surface area contributed by atoms with Crippen LogP contribution in [-0.4, -0.2) is 36.4 Å². The predicted octanol–water partition coefficient (Wildman–Crippen LogP) is 1.27. The molecule has 0 bridgehead atoms. The number of hydrogen-bond donors (Lipinski definition) is 1. The highest BCUT2D eigenvalue weighted by Crippen LogP contribution is 2.29. The molecule has 0 unspecified atom stereocenters. The molecule has 3 heterocycles. The van der Waals surface area contributed by atoms with E-state index in [0.717, 1.165) is 25.3 Å². The van der Waals surface area contributed by atoms with Gasteiger partial charge in [-0.1, -0.05) is 6.42 Å². The molecule has 3 rings (SSSR count). The summed E-state index contributed by atoms with van der Waals surface area (Å²) in [4.78, 5) is 6.77. The molecule has 2 aromatic rings. The molecule has 0 saturated carbocycles. The number of aromatic nitrogens is 5. The first-order valence-electron chi connectivity index (χ1n) is 6.40. The van der Waals surface area contributed by atoms with Crippen LogP contribution >= 0.6 is 0 Å². The highest BCUT2D eigenvalue weighted by Gasteiger charge is 2.26. The van der Waals surface area contributed by atoms with E-state index in [4.69, 9.17) is 0 Å². The lowest BCUT2D eigenvalue weighted by Crippen LogP contribution is -2.33. The summed E-state index contributed by atoms with van der Waals surface area (Å²) in [5, 5.41) is 11.2. The van der Waals surface area contributed by atoms with Crippen molar-refractivity contribution < 1.29 is 0 Å². The van der Waals surface area contributed by atoms with Crippen LogP contribution in [-0.2, 0) is 13.6 Å². The van der Waals surface area contributed by atoms with Crippen molar-refractivity contribution in [2.45, 2.75) is 31.8 Å². The molecule has 6 nitrogen and oxygen atoms in total. The van der Waals surface area contributed by atoms with Gasteiger partial charge in [-0.15, -0.1) is 0 Å². The van der Waals surface area contributed by atoms with Gasteiger partial charge in [-0.25, -0.2) is 4.98 Å². The largest absolute Gasteiger partial charge is 0.289 e. The monoisotopic (exact) mass is 246 g/mol. The van der Waals surface area contributed by atoms with E-state index in [9.17, 15) is 0 Å². The molecular weight excluding hydrogens is 228 g/mol. The third-order valence-electron chi connectivity index (χ3n) is 3.51. The first kappa shape index (κ1) is 11.4. The van der Waals surface area contributed by atoms with Gasteiger partial charge in [0, 0.05) is 25.4 Å². The van der Waals surface area contributed by atoms with E-state index in [-0.39, 0.29) is 0 Å². The van der Waals surface area contributed by atoms with Crippen LogP contribution < -0.4 is 0 Å². The highest BCUT2D eigenvalue weighted by atomic mass is 15.3. The zero-order valence-corrected chi connectivity index (χ0v) is 10.6. The van der Waals surface area contributed by atoms with Gasteiger partial charge in [0.1, 0.15) is 12.2 Å². The quantitative estimate of drug-likeness (QED) is 0.885. The minimum atomic E-state index is 0.362. The lowest BCUT2D eigenvalue weighted by molar-refractivity contribution is 0.134. The van der Waals surface area contributed by atoms with Crippen LogP contribution in [0.3, 0.4) is 0 Å². The normalized spacial score (nSPS) is 21.3. The second-order valence-electron chi connectivity index (χ2n) is 4.88. The third-order valence-corrected chi connectivity index (χ3v) is 3.51. The van der Waals surface area contributed by atoms with E-state index < -0.39 is 0 Å².